The van der Waals surface area contributed by atoms with Crippen molar-refractivity contribution in [2.24, 2.45) is 13.0 Å². The van der Waals surface area contributed by atoms with Gasteiger partial charge in [0, 0.05) is 37.6 Å². The first-order chi connectivity index (χ1) is 14.8. The van der Waals surface area contributed by atoms with Crippen LogP contribution >= 0.6 is 0 Å². The van der Waals surface area contributed by atoms with Crippen LogP contribution in [0, 0.1) is 5.92 Å². The summed E-state index contributed by atoms with van der Waals surface area (Å²) in [6.07, 6.45) is 3.81. The number of rotatable bonds is 10. The predicted octanol–water partition coefficient (Wildman–Crippen LogP) is 3.33. The number of methoxy groups -OCH3 is 2. The molecule has 2 aromatic rings. The van der Waals surface area contributed by atoms with E-state index >= 15 is 0 Å². The van der Waals surface area contributed by atoms with E-state index < -0.39 is 0 Å². The molecule has 0 bridgehead atoms. The predicted molar refractivity (Wildman–Crippen MR) is 119 cm³/mol. The zero-order valence-corrected chi connectivity index (χ0v) is 19.1. The number of aromatic nitrogens is 1. The molecule has 0 radical (unpaired) electrons. The number of carbonyl (C=O) groups excluding carboxylic acids is 2. The van der Waals surface area contributed by atoms with Crippen molar-refractivity contribution in [1.82, 2.24) is 14.4 Å². The second-order valence-corrected chi connectivity index (χ2v) is 8.51. The smallest absolute Gasteiger partial charge is 0.258 e. The molecule has 1 saturated carbocycles. The van der Waals surface area contributed by atoms with Gasteiger partial charge < -0.3 is 23.8 Å². The molecule has 1 aromatic carbocycles. The number of hydrogen-bond donors (Lipinski definition) is 0. The van der Waals surface area contributed by atoms with E-state index in [2.05, 4.69) is 13.8 Å². The highest BCUT2D eigenvalue weighted by Gasteiger charge is 2.36. The summed E-state index contributed by atoms with van der Waals surface area (Å²) in [5.41, 5.74) is 1.51. The number of amides is 2. The van der Waals surface area contributed by atoms with Gasteiger partial charge in [0.1, 0.15) is 18.0 Å². The minimum absolute atomic E-state index is 0.0392. The maximum atomic E-state index is 13.4. The molecule has 7 nitrogen and oxygen atoms in total. The summed E-state index contributed by atoms with van der Waals surface area (Å²) in [4.78, 5) is 30.3. The van der Waals surface area contributed by atoms with Crippen LogP contribution in [0.4, 0.5) is 0 Å². The van der Waals surface area contributed by atoms with E-state index in [9.17, 15) is 9.59 Å². The van der Waals surface area contributed by atoms with E-state index in [0.717, 1.165) is 18.5 Å². The summed E-state index contributed by atoms with van der Waals surface area (Å²) in [5, 5.41) is 0. The fraction of sp³-hybridized carbons (Fsp3) is 0.500. The lowest BCUT2D eigenvalue weighted by atomic mass is 10.1. The molecular weight excluding hydrogens is 394 g/mol. The van der Waals surface area contributed by atoms with Crippen molar-refractivity contribution < 1.29 is 19.1 Å². The van der Waals surface area contributed by atoms with Gasteiger partial charge in [-0.05, 0) is 43.0 Å². The van der Waals surface area contributed by atoms with Crippen LogP contribution in [0.15, 0.2) is 36.5 Å². The van der Waals surface area contributed by atoms with Crippen LogP contribution in [-0.2, 0) is 18.4 Å². The fourth-order valence-corrected chi connectivity index (χ4v) is 3.68. The van der Waals surface area contributed by atoms with Crippen LogP contribution in [0.3, 0.4) is 0 Å². The number of nitrogens with zero attached hydrogens (tertiary/aromatic N) is 3. The van der Waals surface area contributed by atoms with Gasteiger partial charge in [0.25, 0.3) is 5.91 Å². The van der Waals surface area contributed by atoms with Crippen LogP contribution in [0.25, 0.3) is 0 Å². The van der Waals surface area contributed by atoms with E-state index in [4.69, 9.17) is 9.47 Å². The first-order valence-corrected chi connectivity index (χ1v) is 10.7. The Morgan fingerprint density at radius 3 is 2.45 bits per heavy atom. The summed E-state index contributed by atoms with van der Waals surface area (Å²) in [6.45, 7) is 5.42. The zero-order chi connectivity index (χ0) is 22.5. The van der Waals surface area contributed by atoms with E-state index in [1.165, 1.54) is 7.11 Å². The molecule has 31 heavy (non-hydrogen) atoms. The van der Waals surface area contributed by atoms with Crippen molar-refractivity contribution in [3.63, 3.8) is 0 Å². The molecule has 0 atom stereocenters. The third-order valence-corrected chi connectivity index (χ3v) is 5.54. The lowest BCUT2D eigenvalue weighted by Crippen LogP contribution is -2.45. The van der Waals surface area contributed by atoms with Crippen molar-refractivity contribution in [3.05, 3.63) is 47.8 Å². The number of carbonyl (C=O) groups is 2. The minimum Gasteiger partial charge on any atom is -0.497 e. The molecule has 0 aliphatic heterocycles. The minimum atomic E-state index is -0.182. The van der Waals surface area contributed by atoms with E-state index in [-0.39, 0.29) is 24.4 Å². The van der Waals surface area contributed by atoms with Gasteiger partial charge in [-0.3, -0.25) is 9.59 Å². The SMILES string of the molecule is COc1ccc(C(=O)N(CC(=O)N(Cc2cccn2C)CC(C)C)C2CC2)c(OC)c1. The third kappa shape index (κ3) is 5.60. The number of ether oxygens (including phenoxy) is 2. The molecule has 3 rings (SSSR count). The second kappa shape index (κ2) is 9.90. The maximum absolute atomic E-state index is 13.4. The molecule has 0 saturated heterocycles. The quantitative estimate of drug-likeness (QED) is 0.583. The molecule has 2 amide bonds. The average Bonchev–Trinajstić information content (AvgIpc) is 3.52. The Labute approximate surface area is 184 Å². The summed E-state index contributed by atoms with van der Waals surface area (Å²) >= 11 is 0. The number of hydrogen-bond acceptors (Lipinski definition) is 4. The van der Waals surface area contributed by atoms with Gasteiger partial charge >= 0.3 is 0 Å². The van der Waals surface area contributed by atoms with Crippen molar-refractivity contribution >= 4 is 11.8 Å². The highest BCUT2D eigenvalue weighted by Crippen LogP contribution is 2.32. The molecule has 0 N–H and O–H groups in total. The van der Waals surface area contributed by atoms with Crippen LogP contribution in [0.1, 0.15) is 42.7 Å². The van der Waals surface area contributed by atoms with Gasteiger partial charge in [-0.1, -0.05) is 13.8 Å². The molecular formula is C24H33N3O4. The van der Waals surface area contributed by atoms with Gasteiger partial charge in [0.15, 0.2) is 0 Å². The van der Waals surface area contributed by atoms with Crippen LogP contribution < -0.4 is 9.47 Å². The Bertz CT molecular complexity index is 917. The molecule has 1 fully saturated rings. The molecule has 1 aromatic heterocycles. The monoisotopic (exact) mass is 427 g/mol. The van der Waals surface area contributed by atoms with E-state index in [1.807, 2.05) is 34.8 Å². The van der Waals surface area contributed by atoms with Crippen molar-refractivity contribution in [2.45, 2.75) is 39.3 Å². The topological polar surface area (TPSA) is 64.0 Å². The Hall–Kier alpha value is -2.96. The highest BCUT2D eigenvalue weighted by atomic mass is 16.5. The van der Waals surface area contributed by atoms with Crippen molar-refractivity contribution in [3.8, 4) is 11.5 Å². The van der Waals surface area contributed by atoms with E-state index in [1.54, 1.807) is 30.2 Å². The maximum Gasteiger partial charge on any atom is 0.258 e. The first-order valence-electron chi connectivity index (χ1n) is 10.7. The Morgan fingerprint density at radius 1 is 1.16 bits per heavy atom. The molecule has 0 unspecified atom stereocenters. The standard InChI is InChI=1S/C24H33N3O4/c1-17(2)14-26(15-19-7-6-12-25(19)3)23(28)16-27(18-8-9-18)24(29)21-11-10-20(30-4)13-22(21)31-5/h6-7,10-13,17-18H,8-9,14-16H2,1-5H3. The summed E-state index contributed by atoms with van der Waals surface area (Å²) in [7, 11) is 5.08. The van der Waals surface area contributed by atoms with E-state index in [0.29, 0.717) is 36.1 Å². The van der Waals surface area contributed by atoms with Gasteiger partial charge in [0.2, 0.25) is 5.91 Å². The summed E-state index contributed by atoms with van der Waals surface area (Å²) < 4.78 is 12.7. The van der Waals surface area contributed by atoms with Crippen LogP contribution in [0.5, 0.6) is 11.5 Å². The third-order valence-electron chi connectivity index (χ3n) is 5.54. The molecule has 7 heteroatoms. The molecule has 1 heterocycles. The first kappa shape index (κ1) is 22.7. The van der Waals surface area contributed by atoms with Crippen molar-refractivity contribution in [1.29, 1.82) is 0 Å². The van der Waals surface area contributed by atoms with Gasteiger partial charge in [-0.2, -0.15) is 0 Å². The molecule has 1 aliphatic rings. The lowest BCUT2D eigenvalue weighted by Gasteiger charge is -2.29. The lowest BCUT2D eigenvalue weighted by molar-refractivity contribution is -0.133. The highest BCUT2D eigenvalue weighted by molar-refractivity contribution is 5.99. The Balaban J connectivity index is 1.80. The zero-order valence-electron chi connectivity index (χ0n) is 19.1. The molecule has 0 spiro atoms. The van der Waals surface area contributed by atoms with Crippen LogP contribution in [0.2, 0.25) is 0 Å². The largest absolute Gasteiger partial charge is 0.497 e. The average molecular weight is 428 g/mol. The second-order valence-electron chi connectivity index (χ2n) is 8.51. The number of aryl methyl sites for hydroxylation is 1. The van der Waals surface area contributed by atoms with Gasteiger partial charge in [0.05, 0.1) is 26.3 Å². The Morgan fingerprint density at radius 2 is 1.90 bits per heavy atom. The van der Waals surface area contributed by atoms with Crippen molar-refractivity contribution in [2.75, 3.05) is 27.3 Å². The molecule has 168 valence electrons. The number of benzene rings is 1. The summed E-state index contributed by atoms with van der Waals surface area (Å²) in [6, 6.07) is 9.23. The normalized spacial score (nSPS) is 13.2. The fourth-order valence-electron chi connectivity index (χ4n) is 3.68. The van der Waals surface area contributed by atoms with Gasteiger partial charge in [-0.25, -0.2) is 0 Å². The van der Waals surface area contributed by atoms with Crippen LogP contribution in [-0.4, -0.2) is 59.5 Å². The Kier molecular flexibility index (Phi) is 7.25. The van der Waals surface area contributed by atoms with Gasteiger partial charge in [-0.15, -0.1) is 0 Å². The molecule has 1 aliphatic carbocycles. The summed E-state index contributed by atoms with van der Waals surface area (Å²) in [5.74, 6) is 1.18.